The van der Waals surface area contributed by atoms with E-state index in [9.17, 15) is 4.79 Å². The molecule has 0 bridgehead atoms. The van der Waals surface area contributed by atoms with Crippen molar-refractivity contribution in [3.63, 3.8) is 0 Å². The van der Waals surface area contributed by atoms with E-state index < -0.39 is 0 Å². The molecule has 2 aromatic rings. The van der Waals surface area contributed by atoms with Gasteiger partial charge in [0.2, 0.25) is 17.6 Å². The molecule has 0 atom stereocenters. The largest absolute Gasteiger partial charge is 0.353 e. The van der Waals surface area contributed by atoms with Crippen LogP contribution in [-0.2, 0) is 11.2 Å². The lowest BCUT2D eigenvalue weighted by atomic mass is 9.95. The number of carbonyl (C=O) groups excluding carboxylic acids is 1. The maximum Gasteiger partial charge on any atom is 0.227 e. The van der Waals surface area contributed by atoms with Gasteiger partial charge in [-0.05, 0) is 24.3 Å². The first kappa shape index (κ1) is 17.6. The summed E-state index contributed by atoms with van der Waals surface area (Å²) < 4.78 is 5.30. The fraction of sp³-hybridized carbons (Fsp3) is 0.550. The van der Waals surface area contributed by atoms with Gasteiger partial charge in [0.05, 0.1) is 0 Å². The number of carbonyl (C=O) groups is 1. The first-order valence-electron chi connectivity index (χ1n) is 9.34. The molecule has 1 saturated carbocycles. The second-order valence-corrected chi connectivity index (χ2v) is 7.19. The van der Waals surface area contributed by atoms with Crippen LogP contribution in [0.25, 0.3) is 11.4 Å². The molecule has 1 amide bonds. The predicted octanol–water partition coefficient (Wildman–Crippen LogP) is 4.24. The van der Waals surface area contributed by atoms with Crippen LogP contribution >= 0.6 is 0 Å². The van der Waals surface area contributed by atoms with E-state index in [4.69, 9.17) is 4.52 Å². The zero-order valence-electron chi connectivity index (χ0n) is 15.1. The molecular formula is C20H27N3O2. The van der Waals surface area contributed by atoms with E-state index in [1.165, 1.54) is 24.8 Å². The molecule has 5 heteroatoms. The van der Waals surface area contributed by atoms with Crippen LogP contribution in [0.3, 0.4) is 0 Å². The molecule has 1 aliphatic carbocycles. The molecule has 5 nitrogen and oxygen atoms in total. The predicted molar refractivity (Wildman–Crippen MR) is 97.2 cm³/mol. The number of hydrogen-bond donors (Lipinski definition) is 1. The SMILES string of the molecule is CC(C)c1ccc(-c2noc(CCC(=O)NC3CCCCC3)n2)cc1. The fourth-order valence-electron chi connectivity index (χ4n) is 3.26. The molecule has 1 N–H and O–H groups in total. The van der Waals surface area contributed by atoms with Gasteiger partial charge in [-0.15, -0.1) is 0 Å². The molecule has 0 saturated heterocycles. The van der Waals surface area contributed by atoms with E-state index in [1.807, 2.05) is 12.1 Å². The summed E-state index contributed by atoms with van der Waals surface area (Å²) in [5.74, 6) is 1.67. The average Bonchev–Trinajstić information content (AvgIpc) is 3.10. The van der Waals surface area contributed by atoms with Crippen molar-refractivity contribution < 1.29 is 9.32 Å². The second kappa shape index (κ2) is 8.28. The first-order chi connectivity index (χ1) is 12.1. The summed E-state index contributed by atoms with van der Waals surface area (Å²) in [5, 5.41) is 7.15. The number of nitrogens with zero attached hydrogens (tertiary/aromatic N) is 2. The molecule has 1 aromatic carbocycles. The monoisotopic (exact) mass is 341 g/mol. The van der Waals surface area contributed by atoms with Gasteiger partial charge < -0.3 is 9.84 Å². The molecule has 0 aliphatic heterocycles. The average molecular weight is 341 g/mol. The molecule has 3 rings (SSSR count). The third-order valence-corrected chi connectivity index (χ3v) is 4.84. The van der Waals surface area contributed by atoms with Crippen molar-refractivity contribution in [2.45, 2.75) is 70.8 Å². The van der Waals surface area contributed by atoms with Crippen LogP contribution in [0.1, 0.15) is 69.7 Å². The van der Waals surface area contributed by atoms with Crippen molar-refractivity contribution in [2.24, 2.45) is 0 Å². The summed E-state index contributed by atoms with van der Waals surface area (Å²) in [4.78, 5) is 16.5. The molecule has 134 valence electrons. The van der Waals surface area contributed by atoms with E-state index >= 15 is 0 Å². The molecule has 1 fully saturated rings. The zero-order valence-corrected chi connectivity index (χ0v) is 15.1. The summed E-state index contributed by atoms with van der Waals surface area (Å²) >= 11 is 0. The minimum Gasteiger partial charge on any atom is -0.353 e. The highest BCUT2D eigenvalue weighted by Gasteiger charge is 2.16. The van der Waals surface area contributed by atoms with Crippen molar-refractivity contribution >= 4 is 5.91 Å². The van der Waals surface area contributed by atoms with Crippen LogP contribution in [0.15, 0.2) is 28.8 Å². The van der Waals surface area contributed by atoms with E-state index in [1.54, 1.807) is 0 Å². The standard InChI is InChI=1S/C20H27N3O2/c1-14(2)15-8-10-16(11-9-15)20-22-19(25-23-20)13-12-18(24)21-17-6-4-3-5-7-17/h8-11,14,17H,3-7,12-13H2,1-2H3,(H,21,24). The van der Waals surface area contributed by atoms with Crippen molar-refractivity contribution in [1.82, 2.24) is 15.5 Å². The molecule has 1 aliphatic rings. The molecular weight excluding hydrogens is 314 g/mol. The number of aryl methyl sites for hydroxylation is 1. The Morgan fingerprint density at radius 1 is 1.20 bits per heavy atom. The maximum atomic E-state index is 12.1. The quantitative estimate of drug-likeness (QED) is 0.853. The van der Waals surface area contributed by atoms with Gasteiger partial charge in [-0.1, -0.05) is 62.5 Å². The van der Waals surface area contributed by atoms with Gasteiger partial charge >= 0.3 is 0 Å². The fourth-order valence-corrected chi connectivity index (χ4v) is 3.26. The first-order valence-corrected chi connectivity index (χ1v) is 9.34. The Bertz CT molecular complexity index is 685. The lowest BCUT2D eigenvalue weighted by Gasteiger charge is -2.22. The number of hydrogen-bond acceptors (Lipinski definition) is 4. The third kappa shape index (κ3) is 4.91. The van der Waals surface area contributed by atoms with Crippen LogP contribution < -0.4 is 5.32 Å². The molecule has 0 spiro atoms. The lowest BCUT2D eigenvalue weighted by Crippen LogP contribution is -2.36. The Morgan fingerprint density at radius 3 is 2.60 bits per heavy atom. The minimum atomic E-state index is 0.0768. The highest BCUT2D eigenvalue weighted by Crippen LogP contribution is 2.21. The number of aromatic nitrogens is 2. The smallest absolute Gasteiger partial charge is 0.227 e. The van der Waals surface area contributed by atoms with Gasteiger partial charge in [0, 0.05) is 24.4 Å². The highest BCUT2D eigenvalue weighted by molar-refractivity contribution is 5.76. The van der Waals surface area contributed by atoms with Crippen LogP contribution in [0.4, 0.5) is 0 Å². The molecule has 1 heterocycles. The van der Waals surface area contributed by atoms with Gasteiger partial charge in [0.15, 0.2) is 0 Å². The Labute approximate surface area is 149 Å². The van der Waals surface area contributed by atoms with E-state index in [0.717, 1.165) is 18.4 Å². The van der Waals surface area contributed by atoms with Gasteiger partial charge in [0.25, 0.3) is 0 Å². The van der Waals surface area contributed by atoms with Crippen LogP contribution in [0, 0.1) is 0 Å². The van der Waals surface area contributed by atoms with Gasteiger partial charge in [-0.3, -0.25) is 4.79 Å². The molecule has 1 aromatic heterocycles. The van der Waals surface area contributed by atoms with Crippen LogP contribution in [0.2, 0.25) is 0 Å². The van der Waals surface area contributed by atoms with Crippen LogP contribution in [-0.4, -0.2) is 22.1 Å². The van der Waals surface area contributed by atoms with Crippen molar-refractivity contribution in [3.05, 3.63) is 35.7 Å². The summed E-state index contributed by atoms with van der Waals surface area (Å²) in [7, 11) is 0. The topological polar surface area (TPSA) is 68.0 Å². The van der Waals surface area contributed by atoms with Crippen LogP contribution in [0.5, 0.6) is 0 Å². The Balaban J connectivity index is 1.51. The summed E-state index contributed by atoms with van der Waals surface area (Å²) in [6.07, 6.45) is 6.79. The normalized spacial score (nSPS) is 15.5. The van der Waals surface area contributed by atoms with E-state index in [0.29, 0.717) is 36.5 Å². The number of nitrogens with one attached hydrogen (secondary N) is 1. The number of rotatable bonds is 6. The van der Waals surface area contributed by atoms with Crippen molar-refractivity contribution in [2.75, 3.05) is 0 Å². The zero-order chi connectivity index (χ0) is 17.6. The Hall–Kier alpha value is -2.17. The second-order valence-electron chi connectivity index (χ2n) is 7.19. The van der Waals surface area contributed by atoms with Crippen molar-refractivity contribution in [3.8, 4) is 11.4 Å². The summed E-state index contributed by atoms with van der Waals surface area (Å²) in [6, 6.07) is 8.56. The Morgan fingerprint density at radius 2 is 1.92 bits per heavy atom. The highest BCUT2D eigenvalue weighted by atomic mass is 16.5. The summed E-state index contributed by atoms with van der Waals surface area (Å²) in [5.41, 5.74) is 2.22. The van der Waals surface area contributed by atoms with Crippen molar-refractivity contribution in [1.29, 1.82) is 0 Å². The van der Waals surface area contributed by atoms with E-state index in [-0.39, 0.29) is 5.91 Å². The van der Waals surface area contributed by atoms with Gasteiger partial charge in [-0.2, -0.15) is 4.98 Å². The van der Waals surface area contributed by atoms with E-state index in [2.05, 4.69) is 41.4 Å². The lowest BCUT2D eigenvalue weighted by molar-refractivity contribution is -0.122. The summed E-state index contributed by atoms with van der Waals surface area (Å²) in [6.45, 7) is 4.33. The number of amides is 1. The van der Waals surface area contributed by atoms with Gasteiger partial charge in [-0.25, -0.2) is 0 Å². The molecule has 25 heavy (non-hydrogen) atoms. The van der Waals surface area contributed by atoms with Gasteiger partial charge in [0.1, 0.15) is 0 Å². The molecule has 0 radical (unpaired) electrons. The Kier molecular flexibility index (Phi) is 5.84. The molecule has 0 unspecified atom stereocenters. The maximum absolute atomic E-state index is 12.1. The minimum absolute atomic E-state index is 0.0768. The third-order valence-electron chi connectivity index (χ3n) is 4.84. The number of benzene rings is 1.